The number of benzene rings is 1. The summed E-state index contributed by atoms with van der Waals surface area (Å²) in [5, 5.41) is 4.76. The van der Waals surface area contributed by atoms with Crippen molar-refractivity contribution < 1.29 is 0 Å². The minimum Gasteiger partial charge on any atom is -0.317 e. The van der Waals surface area contributed by atoms with Gasteiger partial charge in [-0.3, -0.25) is 4.98 Å². The van der Waals surface area contributed by atoms with E-state index in [1.807, 2.05) is 0 Å². The van der Waals surface area contributed by atoms with Gasteiger partial charge in [-0.25, -0.2) is 0 Å². The third-order valence-corrected chi connectivity index (χ3v) is 4.31. The summed E-state index contributed by atoms with van der Waals surface area (Å²) in [6.45, 7) is 6.66. The van der Waals surface area contributed by atoms with Crippen molar-refractivity contribution in [3.63, 3.8) is 0 Å². The van der Waals surface area contributed by atoms with E-state index in [-0.39, 0.29) is 0 Å². The monoisotopic (exact) mass is 254 g/mol. The molecule has 0 atom stereocenters. The van der Waals surface area contributed by atoms with Crippen LogP contribution in [-0.2, 0) is 6.42 Å². The molecule has 1 aliphatic rings. The van der Waals surface area contributed by atoms with Crippen LogP contribution in [0.1, 0.15) is 29.5 Å². The van der Waals surface area contributed by atoms with Crippen molar-refractivity contribution in [2.75, 3.05) is 13.1 Å². The maximum atomic E-state index is 4.69. The number of rotatable bonds is 2. The third-order valence-electron chi connectivity index (χ3n) is 4.31. The van der Waals surface area contributed by atoms with Crippen LogP contribution in [0.4, 0.5) is 0 Å². The third kappa shape index (κ3) is 2.64. The minimum atomic E-state index is 0.825. The van der Waals surface area contributed by atoms with Gasteiger partial charge in [0.1, 0.15) is 0 Å². The first-order valence-corrected chi connectivity index (χ1v) is 7.29. The Labute approximate surface area is 115 Å². The molecule has 2 nitrogen and oxygen atoms in total. The lowest BCUT2D eigenvalue weighted by molar-refractivity contribution is 0.372. The highest BCUT2D eigenvalue weighted by Crippen LogP contribution is 2.24. The Morgan fingerprint density at radius 1 is 1.16 bits per heavy atom. The Morgan fingerprint density at radius 3 is 2.68 bits per heavy atom. The summed E-state index contributed by atoms with van der Waals surface area (Å²) in [6.07, 6.45) is 5.85. The van der Waals surface area contributed by atoms with Crippen LogP contribution < -0.4 is 5.32 Å². The topological polar surface area (TPSA) is 24.9 Å². The van der Waals surface area contributed by atoms with Crippen LogP contribution >= 0.6 is 0 Å². The SMILES string of the molecule is Cc1ccc(C)c2ncc(CC3CCNCC3)cc12. The van der Waals surface area contributed by atoms with Gasteiger partial charge in [-0.1, -0.05) is 12.1 Å². The zero-order valence-corrected chi connectivity index (χ0v) is 11.9. The molecule has 1 aliphatic heterocycles. The van der Waals surface area contributed by atoms with Crippen LogP contribution in [0.5, 0.6) is 0 Å². The van der Waals surface area contributed by atoms with Crippen molar-refractivity contribution in [2.45, 2.75) is 33.1 Å². The first-order valence-electron chi connectivity index (χ1n) is 7.29. The average Bonchev–Trinajstić information content (AvgIpc) is 2.44. The number of fused-ring (bicyclic) bond motifs is 1. The second-order valence-corrected chi connectivity index (χ2v) is 5.84. The Hall–Kier alpha value is -1.41. The lowest BCUT2D eigenvalue weighted by Gasteiger charge is -2.22. The zero-order valence-electron chi connectivity index (χ0n) is 11.9. The predicted molar refractivity (Wildman–Crippen MR) is 80.5 cm³/mol. The second kappa shape index (κ2) is 5.30. The van der Waals surface area contributed by atoms with E-state index in [0.29, 0.717) is 0 Å². The number of hydrogen-bond acceptors (Lipinski definition) is 2. The van der Waals surface area contributed by atoms with Gasteiger partial charge in [0.05, 0.1) is 5.52 Å². The molecule has 1 N–H and O–H groups in total. The summed E-state index contributed by atoms with van der Waals surface area (Å²) in [5.41, 5.74) is 5.16. The van der Waals surface area contributed by atoms with Crippen molar-refractivity contribution in [2.24, 2.45) is 5.92 Å². The molecule has 100 valence electrons. The number of nitrogens with one attached hydrogen (secondary N) is 1. The van der Waals surface area contributed by atoms with Crippen molar-refractivity contribution in [1.82, 2.24) is 10.3 Å². The van der Waals surface area contributed by atoms with E-state index in [1.54, 1.807) is 0 Å². The first-order chi connectivity index (χ1) is 9.24. The number of nitrogens with zero attached hydrogens (tertiary/aromatic N) is 1. The average molecular weight is 254 g/mol. The van der Waals surface area contributed by atoms with Gasteiger partial charge in [0.2, 0.25) is 0 Å². The van der Waals surface area contributed by atoms with Crippen molar-refractivity contribution in [1.29, 1.82) is 0 Å². The second-order valence-electron chi connectivity index (χ2n) is 5.84. The first kappa shape index (κ1) is 12.6. The number of hydrogen-bond donors (Lipinski definition) is 1. The molecule has 2 aromatic rings. The summed E-state index contributed by atoms with van der Waals surface area (Å²) >= 11 is 0. The molecule has 1 aromatic heterocycles. The Balaban J connectivity index is 1.90. The molecule has 1 saturated heterocycles. The van der Waals surface area contributed by atoms with E-state index in [0.717, 1.165) is 11.4 Å². The molecule has 3 rings (SSSR count). The van der Waals surface area contributed by atoms with Crippen LogP contribution in [0.2, 0.25) is 0 Å². The van der Waals surface area contributed by atoms with Gasteiger partial charge >= 0.3 is 0 Å². The van der Waals surface area contributed by atoms with Crippen LogP contribution in [0.3, 0.4) is 0 Å². The number of pyridine rings is 1. The standard InChI is InChI=1S/C17H22N2/c1-12-3-4-13(2)17-16(12)10-15(11-19-17)9-14-5-7-18-8-6-14/h3-4,10-11,14,18H,5-9H2,1-2H3. The van der Waals surface area contributed by atoms with Crippen LogP contribution in [0.15, 0.2) is 24.4 Å². The van der Waals surface area contributed by atoms with Crippen LogP contribution in [0.25, 0.3) is 10.9 Å². The van der Waals surface area contributed by atoms with E-state index in [2.05, 4.69) is 43.6 Å². The highest BCUT2D eigenvalue weighted by molar-refractivity contribution is 5.85. The van der Waals surface area contributed by atoms with E-state index in [9.17, 15) is 0 Å². The minimum absolute atomic E-state index is 0.825. The molecular formula is C17H22N2. The van der Waals surface area contributed by atoms with E-state index < -0.39 is 0 Å². The molecule has 0 spiro atoms. The molecule has 0 aliphatic carbocycles. The van der Waals surface area contributed by atoms with Crippen LogP contribution in [-0.4, -0.2) is 18.1 Å². The summed E-state index contributed by atoms with van der Waals surface area (Å²) in [6, 6.07) is 6.72. The van der Waals surface area contributed by atoms with Crippen molar-refractivity contribution in [3.05, 3.63) is 41.1 Å². The molecule has 1 fully saturated rings. The Morgan fingerprint density at radius 2 is 1.89 bits per heavy atom. The summed E-state index contributed by atoms with van der Waals surface area (Å²) < 4.78 is 0. The highest BCUT2D eigenvalue weighted by Gasteiger charge is 2.14. The van der Waals surface area contributed by atoms with Crippen molar-refractivity contribution >= 4 is 10.9 Å². The summed E-state index contributed by atoms with van der Waals surface area (Å²) in [5.74, 6) is 0.825. The van der Waals surface area contributed by atoms with Gasteiger partial charge in [0.15, 0.2) is 0 Å². The van der Waals surface area contributed by atoms with Crippen molar-refractivity contribution in [3.8, 4) is 0 Å². The molecule has 0 saturated carbocycles. The molecule has 0 bridgehead atoms. The van der Waals surface area contributed by atoms with Gasteiger partial charge in [-0.05, 0) is 74.9 Å². The molecule has 0 unspecified atom stereocenters. The molecule has 1 aromatic carbocycles. The number of aromatic nitrogens is 1. The predicted octanol–water partition coefficient (Wildman–Crippen LogP) is 3.39. The van der Waals surface area contributed by atoms with Crippen LogP contribution in [0, 0.1) is 19.8 Å². The normalized spacial score (nSPS) is 16.9. The van der Waals surface area contributed by atoms with Gasteiger partial charge in [0, 0.05) is 11.6 Å². The largest absolute Gasteiger partial charge is 0.317 e. The van der Waals surface area contributed by atoms with E-state index in [1.165, 1.54) is 54.4 Å². The quantitative estimate of drug-likeness (QED) is 0.888. The summed E-state index contributed by atoms with van der Waals surface area (Å²) in [4.78, 5) is 4.69. The highest BCUT2D eigenvalue weighted by atomic mass is 14.9. The van der Waals surface area contributed by atoms with Gasteiger partial charge in [0.25, 0.3) is 0 Å². The Bertz CT molecular complexity index is 583. The molecule has 2 heteroatoms. The smallest absolute Gasteiger partial charge is 0.0733 e. The number of aryl methyl sites for hydroxylation is 2. The molecule has 19 heavy (non-hydrogen) atoms. The zero-order chi connectivity index (χ0) is 13.2. The molecule has 2 heterocycles. The maximum absolute atomic E-state index is 4.69. The van der Waals surface area contributed by atoms with Gasteiger partial charge in [-0.2, -0.15) is 0 Å². The lowest BCUT2D eigenvalue weighted by atomic mass is 9.91. The van der Waals surface area contributed by atoms with E-state index in [4.69, 9.17) is 4.98 Å². The summed E-state index contributed by atoms with van der Waals surface area (Å²) in [7, 11) is 0. The molecule has 0 amide bonds. The van der Waals surface area contributed by atoms with E-state index >= 15 is 0 Å². The fourth-order valence-electron chi connectivity index (χ4n) is 3.07. The van der Waals surface area contributed by atoms with Gasteiger partial charge < -0.3 is 5.32 Å². The Kier molecular flexibility index (Phi) is 3.52. The van der Waals surface area contributed by atoms with Gasteiger partial charge in [-0.15, -0.1) is 0 Å². The lowest BCUT2D eigenvalue weighted by Crippen LogP contribution is -2.28. The molecular weight excluding hydrogens is 232 g/mol. The molecule has 0 radical (unpaired) electrons. The fourth-order valence-corrected chi connectivity index (χ4v) is 3.07. The number of piperidine rings is 1. The fraction of sp³-hybridized carbons (Fsp3) is 0.471. The maximum Gasteiger partial charge on any atom is 0.0733 e.